The van der Waals surface area contributed by atoms with Crippen molar-refractivity contribution in [3.05, 3.63) is 29.8 Å². The van der Waals surface area contributed by atoms with Crippen LogP contribution in [0.25, 0.3) is 0 Å². The molecule has 5 heteroatoms. The molecule has 2 saturated heterocycles. The minimum Gasteiger partial charge on any atom is -0.381 e. The Bertz CT molecular complexity index is 548. The molecule has 0 aliphatic carbocycles. The normalized spacial score (nSPS) is 25.9. The van der Waals surface area contributed by atoms with Crippen LogP contribution in [0.15, 0.2) is 24.3 Å². The molecule has 1 unspecified atom stereocenters. The number of nitrogens with zero attached hydrogens (tertiary/aromatic N) is 1. The van der Waals surface area contributed by atoms with Crippen LogP contribution in [-0.2, 0) is 16.4 Å². The zero-order valence-electron chi connectivity index (χ0n) is 11.7. The van der Waals surface area contributed by atoms with Crippen molar-refractivity contribution in [1.29, 1.82) is 0 Å². The van der Waals surface area contributed by atoms with E-state index < -0.39 is 9.84 Å². The van der Waals surface area contributed by atoms with Gasteiger partial charge in [-0.3, -0.25) is 4.90 Å². The van der Waals surface area contributed by atoms with Gasteiger partial charge in [-0.1, -0.05) is 12.1 Å². The van der Waals surface area contributed by atoms with Crippen molar-refractivity contribution in [3.63, 3.8) is 0 Å². The number of nitrogens with one attached hydrogen (secondary N) is 1. The van der Waals surface area contributed by atoms with Crippen molar-refractivity contribution in [2.24, 2.45) is 0 Å². The molecule has 110 valence electrons. The highest BCUT2D eigenvalue weighted by atomic mass is 32.2. The molecule has 20 heavy (non-hydrogen) atoms. The highest BCUT2D eigenvalue weighted by Gasteiger charge is 2.27. The quantitative estimate of drug-likeness (QED) is 0.921. The number of hydrogen-bond acceptors (Lipinski definition) is 4. The van der Waals surface area contributed by atoms with Crippen LogP contribution < -0.4 is 5.32 Å². The fourth-order valence-electron chi connectivity index (χ4n) is 3.05. The van der Waals surface area contributed by atoms with E-state index in [-0.39, 0.29) is 11.8 Å². The summed E-state index contributed by atoms with van der Waals surface area (Å²) in [5.74, 6) is 0.584. The lowest BCUT2D eigenvalue weighted by atomic mass is 10.1. The number of rotatable bonds is 4. The summed E-state index contributed by atoms with van der Waals surface area (Å²) in [6.45, 7) is 3.44. The fourth-order valence-corrected chi connectivity index (χ4v) is 4.72. The van der Waals surface area contributed by atoms with Gasteiger partial charge in [0, 0.05) is 18.3 Å². The highest BCUT2D eigenvalue weighted by Crippen LogP contribution is 2.19. The Kier molecular flexibility index (Phi) is 3.98. The second kappa shape index (κ2) is 5.74. The van der Waals surface area contributed by atoms with Gasteiger partial charge in [-0.25, -0.2) is 8.42 Å². The fraction of sp³-hybridized carbons (Fsp3) is 0.600. The Morgan fingerprint density at radius 3 is 2.45 bits per heavy atom. The van der Waals surface area contributed by atoms with Crippen molar-refractivity contribution in [2.45, 2.75) is 31.8 Å². The number of likely N-dealkylation sites (tertiary alicyclic amines) is 1. The van der Waals surface area contributed by atoms with Crippen LogP contribution in [0, 0.1) is 0 Å². The average molecular weight is 294 g/mol. The predicted molar refractivity (Wildman–Crippen MR) is 81.6 cm³/mol. The molecule has 0 amide bonds. The first-order chi connectivity index (χ1) is 9.61. The summed E-state index contributed by atoms with van der Waals surface area (Å²) < 4.78 is 22.9. The molecule has 2 aliphatic rings. The largest absolute Gasteiger partial charge is 0.381 e. The van der Waals surface area contributed by atoms with Crippen LogP contribution in [0.2, 0.25) is 0 Å². The standard InChI is InChI=1S/C15H22N2O2S/c18-20(19)10-7-15(12-20)16-14-5-3-13(4-6-14)11-17-8-1-2-9-17/h3-6,15-16H,1-2,7-12H2. The topological polar surface area (TPSA) is 49.4 Å². The SMILES string of the molecule is O=S1(=O)CCC(Nc2ccc(CN3CCCC3)cc2)C1. The molecule has 0 spiro atoms. The van der Waals surface area contributed by atoms with E-state index in [1.165, 1.54) is 31.5 Å². The number of sulfone groups is 1. The maximum Gasteiger partial charge on any atom is 0.152 e. The Hall–Kier alpha value is -1.07. The molecule has 2 fully saturated rings. The van der Waals surface area contributed by atoms with Crippen LogP contribution in [0.3, 0.4) is 0 Å². The molecule has 4 nitrogen and oxygen atoms in total. The average Bonchev–Trinajstić information content (AvgIpc) is 3.02. The Morgan fingerprint density at radius 1 is 1.15 bits per heavy atom. The minimum atomic E-state index is -2.81. The van der Waals surface area contributed by atoms with Gasteiger partial charge in [-0.05, 0) is 50.0 Å². The van der Waals surface area contributed by atoms with E-state index in [2.05, 4.69) is 34.5 Å². The molecule has 2 heterocycles. The van der Waals surface area contributed by atoms with Crippen LogP contribution in [0.5, 0.6) is 0 Å². The Labute approximate surface area is 121 Å². The third kappa shape index (κ3) is 3.52. The van der Waals surface area contributed by atoms with E-state index >= 15 is 0 Å². The smallest absolute Gasteiger partial charge is 0.152 e. The molecular formula is C15H22N2O2S. The zero-order chi connectivity index (χ0) is 14.0. The van der Waals surface area contributed by atoms with Gasteiger partial charge >= 0.3 is 0 Å². The van der Waals surface area contributed by atoms with Gasteiger partial charge in [-0.15, -0.1) is 0 Å². The second-order valence-electron chi connectivity index (χ2n) is 5.92. The molecule has 1 aromatic carbocycles. The summed E-state index contributed by atoms with van der Waals surface area (Å²) in [6, 6.07) is 8.49. The first-order valence-corrected chi connectivity index (χ1v) is 9.21. The van der Waals surface area contributed by atoms with Gasteiger partial charge in [-0.2, -0.15) is 0 Å². The molecule has 1 aromatic rings. The zero-order valence-corrected chi connectivity index (χ0v) is 12.5. The molecule has 0 aromatic heterocycles. The van der Waals surface area contributed by atoms with Crippen molar-refractivity contribution in [2.75, 3.05) is 29.9 Å². The maximum absolute atomic E-state index is 11.4. The van der Waals surface area contributed by atoms with Gasteiger partial charge < -0.3 is 5.32 Å². The van der Waals surface area contributed by atoms with Crippen LogP contribution in [0.4, 0.5) is 5.69 Å². The number of benzene rings is 1. The summed E-state index contributed by atoms with van der Waals surface area (Å²) in [7, 11) is -2.81. The molecule has 0 saturated carbocycles. The van der Waals surface area contributed by atoms with Gasteiger partial charge in [0.25, 0.3) is 0 Å². The molecule has 0 radical (unpaired) electrons. The molecule has 0 bridgehead atoms. The van der Waals surface area contributed by atoms with E-state index in [0.29, 0.717) is 5.75 Å². The molecule has 2 aliphatic heterocycles. The Balaban J connectivity index is 1.56. The van der Waals surface area contributed by atoms with E-state index in [0.717, 1.165) is 18.7 Å². The summed E-state index contributed by atoms with van der Waals surface area (Å²) in [4.78, 5) is 2.48. The second-order valence-corrected chi connectivity index (χ2v) is 8.15. The van der Waals surface area contributed by atoms with E-state index in [9.17, 15) is 8.42 Å². The van der Waals surface area contributed by atoms with Crippen LogP contribution in [-0.4, -0.2) is 44.0 Å². The van der Waals surface area contributed by atoms with Gasteiger partial charge in [0.2, 0.25) is 0 Å². The van der Waals surface area contributed by atoms with Crippen LogP contribution >= 0.6 is 0 Å². The molecular weight excluding hydrogens is 272 g/mol. The lowest BCUT2D eigenvalue weighted by Crippen LogP contribution is -2.20. The third-order valence-corrected chi connectivity index (χ3v) is 5.93. The monoisotopic (exact) mass is 294 g/mol. The van der Waals surface area contributed by atoms with Crippen molar-refractivity contribution >= 4 is 15.5 Å². The summed E-state index contributed by atoms with van der Waals surface area (Å²) in [5, 5.41) is 3.32. The van der Waals surface area contributed by atoms with E-state index in [1.807, 2.05) is 0 Å². The first kappa shape index (κ1) is 13.9. The minimum absolute atomic E-state index is 0.0735. The van der Waals surface area contributed by atoms with Gasteiger partial charge in [0.15, 0.2) is 9.84 Å². The summed E-state index contributed by atoms with van der Waals surface area (Å²) >= 11 is 0. The lowest BCUT2D eigenvalue weighted by molar-refractivity contribution is 0.331. The number of anilines is 1. The number of hydrogen-bond donors (Lipinski definition) is 1. The van der Waals surface area contributed by atoms with Gasteiger partial charge in [0.1, 0.15) is 0 Å². The van der Waals surface area contributed by atoms with Crippen molar-refractivity contribution < 1.29 is 8.42 Å². The van der Waals surface area contributed by atoms with Crippen LogP contribution in [0.1, 0.15) is 24.8 Å². The molecule has 1 atom stereocenters. The van der Waals surface area contributed by atoms with E-state index in [4.69, 9.17) is 0 Å². The van der Waals surface area contributed by atoms with Crippen molar-refractivity contribution in [3.8, 4) is 0 Å². The lowest BCUT2D eigenvalue weighted by Gasteiger charge is -2.16. The molecule has 1 N–H and O–H groups in total. The summed E-state index contributed by atoms with van der Waals surface area (Å²) in [6.07, 6.45) is 3.35. The van der Waals surface area contributed by atoms with E-state index in [1.54, 1.807) is 0 Å². The predicted octanol–water partition coefficient (Wildman–Crippen LogP) is 1.88. The maximum atomic E-state index is 11.4. The first-order valence-electron chi connectivity index (χ1n) is 7.39. The third-order valence-electron chi connectivity index (χ3n) is 4.16. The Morgan fingerprint density at radius 2 is 1.85 bits per heavy atom. The highest BCUT2D eigenvalue weighted by molar-refractivity contribution is 7.91. The van der Waals surface area contributed by atoms with Crippen molar-refractivity contribution in [1.82, 2.24) is 4.90 Å². The molecule has 3 rings (SSSR count). The van der Waals surface area contributed by atoms with Gasteiger partial charge in [0.05, 0.1) is 11.5 Å². The summed E-state index contributed by atoms with van der Waals surface area (Å²) in [5.41, 5.74) is 2.36.